The summed E-state index contributed by atoms with van der Waals surface area (Å²) in [5.41, 5.74) is 1.84. The molecule has 4 aromatic rings. The summed E-state index contributed by atoms with van der Waals surface area (Å²) in [6.45, 7) is 0.133. The summed E-state index contributed by atoms with van der Waals surface area (Å²) >= 11 is 0. The summed E-state index contributed by atoms with van der Waals surface area (Å²) in [7, 11) is -3.84. The molecule has 1 N–H and O–H groups in total. The first-order valence-electron chi connectivity index (χ1n) is 8.49. The molecule has 0 saturated carbocycles. The van der Waals surface area contributed by atoms with Crippen molar-refractivity contribution < 1.29 is 13.2 Å². The van der Waals surface area contributed by atoms with Crippen molar-refractivity contribution in [1.82, 2.24) is 15.0 Å². The summed E-state index contributed by atoms with van der Waals surface area (Å²) in [5.74, 6) is 0.113. The SMILES string of the molecule is O=S(=O)(Nc1nc2ccccc2nc1OCc1ccccn1)c1ccccc1. The van der Waals surface area contributed by atoms with Crippen LogP contribution in [0.5, 0.6) is 5.88 Å². The molecule has 28 heavy (non-hydrogen) atoms. The molecule has 0 atom stereocenters. The molecule has 0 amide bonds. The first-order chi connectivity index (χ1) is 13.6. The van der Waals surface area contributed by atoms with Gasteiger partial charge in [-0.1, -0.05) is 36.4 Å². The van der Waals surface area contributed by atoms with E-state index in [1.807, 2.05) is 18.2 Å². The van der Waals surface area contributed by atoms with E-state index in [-0.39, 0.29) is 23.2 Å². The van der Waals surface area contributed by atoms with E-state index in [1.54, 1.807) is 48.7 Å². The fourth-order valence-corrected chi connectivity index (χ4v) is 3.58. The van der Waals surface area contributed by atoms with Gasteiger partial charge < -0.3 is 4.74 Å². The Morgan fingerprint density at radius 3 is 2.21 bits per heavy atom. The first kappa shape index (κ1) is 17.9. The Hall–Kier alpha value is -3.52. The molecular formula is C20H16N4O3S. The van der Waals surface area contributed by atoms with E-state index >= 15 is 0 Å². The van der Waals surface area contributed by atoms with Crippen LogP contribution in [-0.4, -0.2) is 23.4 Å². The Balaban J connectivity index is 1.71. The van der Waals surface area contributed by atoms with E-state index in [9.17, 15) is 8.42 Å². The highest BCUT2D eigenvalue weighted by Crippen LogP contribution is 2.26. The molecule has 0 aliphatic rings. The second-order valence-electron chi connectivity index (χ2n) is 5.89. The van der Waals surface area contributed by atoms with Crippen LogP contribution in [0.2, 0.25) is 0 Å². The molecule has 0 fully saturated rings. The highest BCUT2D eigenvalue weighted by molar-refractivity contribution is 7.92. The van der Waals surface area contributed by atoms with Gasteiger partial charge in [-0.15, -0.1) is 0 Å². The Bertz CT molecular complexity index is 1200. The lowest BCUT2D eigenvalue weighted by Gasteiger charge is -2.13. The average molecular weight is 392 g/mol. The number of nitrogens with one attached hydrogen (secondary N) is 1. The molecule has 0 aliphatic heterocycles. The van der Waals surface area contributed by atoms with Crippen LogP contribution in [0.4, 0.5) is 5.82 Å². The molecule has 2 aromatic carbocycles. The third-order valence-corrected chi connectivity index (χ3v) is 5.26. The van der Waals surface area contributed by atoms with Crippen LogP contribution < -0.4 is 9.46 Å². The van der Waals surface area contributed by atoms with Gasteiger partial charge in [0.2, 0.25) is 5.82 Å². The molecule has 8 heteroatoms. The number of sulfonamides is 1. The Morgan fingerprint density at radius 2 is 1.50 bits per heavy atom. The van der Waals surface area contributed by atoms with E-state index in [2.05, 4.69) is 19.7 Å². The third-order valence-electron chi connectivity index (χ3n) is 3.91. The van der Waals surface area contributed by atoms with Gasteiger partial charge in [-0.3, -0.25) is 9.71 Å². The summed E-state index contributed by atoms with van der Waals surface area (Å²) < 4.78 is 33.7. The Morgan fingerprint density at radius 1 is 0.821 bits per heavy atom. The maximum Gasteiger partial charge on any atom is 0.263 e. The standard InChI is InChI=1S/C20H16N4O3S/c25-28(26,16-9-2-1-3-10-16)24-19-20(27-14-15-8-6-7-13-21-15)23-18-12-5-4-11-17(18)22-19/h1-13H,14H2,(H,22,24). The molecule has 4 rings (SSSR count). The molecule has 140 valence electrons. The van der Waals surface area contributed by atoms with E-state index in [4.69, 9.17) is 4.74 Å². The van der Waals surface area contributed by atoms with Gasteiger partial charge in [-0.05, 0) is 36.4 Å². The monoisotopic (exact) mass is 392 g/mol. The Kier molecular flexibility index (Phi) is 4.86. The average Bonchev–Trinajstić information content (AvgIpc) is 2.73. The van der Waals surface area contributed by atoms with Gasteiger partial charge in [0.1, 0.15) is 6.61 Å². The number of ether oxygens (including phenoxy) is 1. The molecule has 2 aromatic heterocycles. The number of hydrogen-bond donors (Lipinski definition) is 1. The van der Waals surface area contributed by atoms with Crippen molar-refractivity contribution in [2.45, 2.75) is 11.5 Å². The largest absolute Gasteiger partial charge is 0.469 e. The van der Waals surface area contributed by atoms with Gasteiger partial charge in [0.25, 0.3) is 15.9 Å². The maximum atomic E-state index is 12.7. The van der Waals surface area contributed by atoms with Crippen molar-refractivity contribution in [3.8, 4) is 5.88 Å². The quantitative estimate of drug-likeness (QED) is 0.540. The molecule has 0 bridgehead atoms. The van der Waals surface area contributed by atoms with E-state index in [0.717, 1.165) is 0 Å². The predicted molar refractivity (Wildman–Crippen MR) is 105 cm³/mol. The van der Waals surface area contributed by atoms with Crippen LogP contribution in [0.3, 0.4) is 0 Å². The lowest BCUT2D eigenvalue weighted by atomic mass is 10.3. The molecule has 7 nitrogen and oxygen atoms in total. The molecule has 0 aliphatic carbocycles. The number of nitrogens with zero attached hydrogens (tertiary/aromatic N) is 3. The highest BCUT2D eigenvalue weighted by atomic mass is 32.2. The normalized spacial score (nSPS) is 11.3. The zero-order valence-corrected chi connectivity index (χ0v) is 15.5. The minimum atomic E-state index is -3.84. The Labute approximate surface area is 162 Å². The fourth-order valence-electron chi connectivity index (χ4n) is 2.56. The van der Waals surface area contributed by atoms with Crippen LogP contribution in [0.25, 0.3) is 11.0 Å². The number of anilines is 1. The first-order valence-corrected chi connectivity index (χ1v) is 9.97. The molecule has 0 unspecified atom stereocenters. The summed E-state index contributed by atoms with van der Waals surface area (Å²) in [4.78, 5) is 13.2. The van der Waals surface area contributed by atoms with Gasteiger partial charge in [0, 0.05) is 6.20 Å². The zero-order chi connectivity index (χ0) is 19.4. The lowest BCUT2D eigenvalue weighted by molar-refractivity contribution is 0.291. The van der Waals surface area contributed by atoms with Crippen LogP contribution in [0, 0.1) is 0 Å². The van der Waals surface area contributed by atoms with Gasteiger partial charge in [0.05, 0.1) is 21.6 Å². The minimum Gasteiger partial charge on any atom is -0.469 e. The summed E-state index contributed by atoms with van der Waals surface area (Å²) in [6, 6.07) is 20.7. The summed E-state index contributed by atoms with van der Waals surface area (Å²) in [5, 5.41) is 0. The zero-order valence-electron chi connectivity index (χ0n) is 14.7. The molecular weight excluding hydrogens is 376 g/mol. The van der Waals surface area contributed by atoms with Crippen LogP contribution in [0.15, 0.2) is 83.9 Å². The fraction of sp³-hybridized carbons (Fsp3) is 0.0500. The van der Waals surface area contributed by atoms with Crippen molar-refractivity contribution in [3.63, 3.8) is 0 Å². The van der Waals surface area contributed by atoms with E-state index in [1.165, 1.54) is 12.1 Å². The highest BCUT2D eigenvalue weighted by Gasteiger charge is 2.19. The lowest BCUT2D eigenvalue weighted by Crippen LogP contribution is -2.15. The number of pyridine rings is 1. The number of benzene rings is 2. The summed E-state index contributed by atoms with van der Waals surface area (Å²) in [6.07, 6.45) is 1.66. The van der Waals surface area contributed by atoms with Gasteiger partial charge >= 0.3 is 0 Å². The smallest absolute Gasteiger partial charge is 0.263 e. The number of fused-ring (bicyclic) bond motifs is 1. The predicted octanol–water partition coefficient (Wildman–Crippen LogP) is 3.40. The van der Waals surface area contributed by atoms with E-state index in [0.29, 0.717) is 16.7 Å². The molecule has 0 saturated heterocycles. The maximum absolute atomic E-state index is 12.7. The van der Waals surface area contributed by atoms with Gasteiger partial charge in [0.15, 0.2) is 0 Å². The number of aromatic nitrogens is 3. The van der Waals surface area contributed by atoms with Crippen molar-refractivity contribution in [1.29, 1.82) is 0 Å². The third kappa shape index (κ3) is 3.91. The van der Waals surface area contributed by atoms with Gasteiger partial charge in [-0.2, -0.15) is 0 Å². The molecule has 0 radical (unpaired) electrons. The second kappa shape index (κ2) is 7.61. The second-order valence-corrected chi connectivity index (χ2v) is 7.58. The number of para-hydroxylation sites is 2. The van der Waals surface area contributed by atoms with Crippen LogP contribution in [-0.2, 0) is 16.6 Å². The van der Waals surface area contributed by atoms with Crippen LogP contribution >= 0.6 is 0 Å². The van der Waals surface area contributed by atoms with Crippen molar-refractivity contribution in [2.24, 2.45) is 0 Å². The van der Waals surface area contributed by atoms with Crippen molar-refractivity contribution >= 4 is 26.9 Å². The van der Waals surface area contributed by atoms with Crippen molar-refractivity contribution in [3.05, 3.63) is 84.7 Å². The molecule has 0 spiro atoms. The minimum absolute atomic E-state index is 0.0264. The van der Waals surface area contributed by atoms with Gasteiger partial charge in [-0.25, -0.2) is 18.4 Å². The number of hydrogen-bond acceptors (Lipinski definition) is 6. The number of rotatable bonds is 6. The van der Waals surface area contributed by atoms with Crippen molar-refractivity contribution in [2.75, 3.05) is 4.72 Å². The van der Waals surface area contributed by atoms with E-state index < -0.39 is 10.0 Å². The topological polar surface area (TPSA) is 94.1 Å². The molecule has 2 heterocycles. The van der Waals surface area contributed by atoms with Crippen LogP contribution in [0.1, 0.15) is 5.69 Å².